The predicted molar refractivity (Wildman–Crippen MR) is 113 cm³/mol. The molecule has 1 aromatic heterocycles. The highest BCUT2D eigenvalue weighted by atomic mass is 16.5. The molecule has 0 saturated carbocycles. The molecular weight excluding hydrogens is 382 g/mol. The number of aliphatic hydroxyl groups is 1. The Morgan fingerprint density at radius 3 is 2.70 bits per heavy atom. The average Bonchev–Trinajstić information content (AvgIpc) is 3.43. The summed E-state index contributed by atoms with van der Waals surface area (Å²) < 4.78 is 5.60. The maximum absolute atomic E-state index is 12.2. The molecule has 30 heavy (non-hydrogen) atoms. The number of likely N-dealkylation sites (tertiary alicyclic amines) is 1. The van der Waals surface area contributed by atoms with Crippen LogP contribution in [0.1, 0.15) is 24.8 Å². The molecule has 8 nitrogen and oxygen atoms in total. The fraction of sp³-hybridized carbons (Fsp3) is 0.500. The van der Waals surface area contributed by atoms with E-state index < -0.39 is 5.60 Å². The number of aromatic nitrogens is 2. The fourth-order valence-electron chi connectivity index (χ4n) is 4.00. The molecule has 160 valence electrons. The molecule has 2 aliphatic rings. The lowest BCUT2D eigenvalue weighted by atomic mass is 10.0. The maximum atomic E-state index is 12.2. The number of hydrogen-bond donors (Lipinski definition) is 2. The van der Waals surface area contributed by atoms with E-state index in [1.54, 1.807) is 18.6 Å². The smallest absolute Gasteiger partial charge is 0.258 e. The first-order valence-corrected chi connectivity index (χ1v) is 10.5. The van der Waals surface area contributed by atoms with E-state index in [-0.39, 0.29) is 19.1 Å². The van der Waals surface area contributed by atoms with Crippen LogP contribution in [0.4, 0.5) is 5.82 Å². The van der Waals surface area contributed by atoms with Gasteiger partial charge in [0.25, 0.3) is 5.91 Å². The molecule has 2 N–H and O–H groups in total. The van der Waals surface area contributed by atoms with Crippen LogP contribution in [0.3, 0.4) is 0 Å². The average molecular weight is 412 g/mol. The summed E-state index contributed by atoms with van der Waals surface area (Å²) in [7, 11) is 0. The molecule has 1 amide bonds. The van der Waals surface area contributed by atoms with Crippen LogP contribution in [0.15, 0.2) is 42.9 Å². The van der Waals surface area contributed by atoms with E-state index in [9.17, 15) is 9.90 Å². The Balaban J connectivity index is 1.18. The van der Waals surface area contributed by atoms with Crippen molar-refractivity contribution >= 4 is 11.7 Å². The molecule has 3 heterocycles. The number of ether oxygens (including phenoxy) is 1. The van der Waals surface area contributed by atoms with Gasteiger partial charge in [0.05, 0.1) is 6.20 Å². The van der Waals surface area contributed by atoms with Gasteiger partial charge in [-0.1, -0.05) is 12.1 Å². The van der Waals surface area contributed by atoms with Crippen LogP contribution in [-0.2, 0) is 11.3 Å². The first-order valence-electron chi connectivity index (χ1n) is 10.5. The van der Waals surface area contributed by atoms with Gasteiger partial charge in [-0.2, -0.15) is 0 Å². The second-order valence-electron chi connectivity index (χ2n) is 8.15. The minimum atomic E-state index is -0.982. The molecule has 4 rings (SSSR count). The van der Waals surface area contributed by atoms with Crippen molar-refractivity contribution in [3.8, 4) is 5.75 Å². The predicted octanol–water partition coefficient (Wildman–Crippen LogP) is 1.21. The molecule has 2 aromatic rings. The van der Waals surface area contributed by atoms with Gasteiger partial charge in [0.15, 0.2) is 6.61 Å². The Morgan fingerprint density at radius 2 is 1.97 bits per heavy atom. The zero-order valence-corrected chi connectivity index (χ0v) is 17.2. The number of anilines is 1. The third kappa shape index (κ3) is 5.46. The van der Waals surface area contributed by atoms with Crippen molar-refractivity contribution in [2.45, 2.75) is 31.4 Å². The van der Waals surface area contributed by atoms with Gasteiger partial charge in [-0.3, -0.25) is 14.7 Å². The Morgan fingerprint density at radius 1 is 1.17 bits per heavy atom. The number of carbonyl (C=O) groups is 1. The van der Waals surface area contributed by atoms with Gasteiger partial charge in [-0.15, -0.1) is 0 Å². The molecule has 2 aliphatic heterocycles. The van der Waals surface area contributed by atoms with Gasteiger partial charge in [-0.05, 0) is 50.0 Å². The largest absolute Gasteiger partial charge is 0.484 e. The topological polar surface area (TPSA) is 90.8 Å². The van der Waals surface area contributed by atoms with Gasteiger partial charge in [0, 0.05) is 38.6 Å². The van der Waals surface area contributed by atoms with Crippen molar-refractivity contribution < 1.29 is 14.6 Å². The molecule has 0 spiro atoms. The van der Waals surface area contributed by atoms with Gasteiger partial charge in [-0.25, -0.2) is 4.98 Å². The van der Waals surface area contributed by atoms with Crippen LogP contribution in [0, 0.1) is 0 Å². The molecule has 2 saturated heterocycles. The number of hydrogen-bond acceptors (Lipinski definition) is 7. The highest BCUT2D eigenvalue weighted by Crippen LogP contribution is 2.24. The lowest BCUT2D eigenvalue weighted by Gasteiger charge is -2.24. The Hall–Kier alpha value is -2.71. The number of nitrogens with zero attached hydrogens (tertiary/aromatic N) is 4. The van der Waals surface area contributed by atoms with Crippen molar-refractivity contribution in [1.82, 2.24) is 20.2 Å². The number of nitrogens with one attached hydrogen (secondary N) is 1. The third-order valence-electron chi connectivity index (χ3n) is 5.72. The normalized spacial score (nSPS) is 21.7. The molecular formula is C22H29N5O3. The SMILES string of the molecule is O=C(COc1ccc(CN2CCCC2)cc1)NCC1(O)CCN(c2cnccn2)C1. The van der Waals surface area contributed by atoms with Crippen LogP contribution < -0.4 is 15.0 Å². The van der Waals surface area contributed by atoms with E-state index in [0.717, 1.165) is 12.4 Å². The molecule has 0 aliphatic carbocycles. The van der Waals surface area contributed by atoms with Crippen LogP contribution in [0.25, 0.3) is 0 Å². The molecule has 0 radical (unpaired) electrons. The van der Waals surface area contributed by atoms with Crippen molar-refractivity contribution in [3.05, 3.63) is 48.4 Å². The second-order valence-corrected chi connectivity index (χ2v) is 8.15. The quantitative estimate of drug-likeness (QED) is 0.675. The van der Waals surface area contributed by atoms with Gasteiger partial charge < -0.3 is 20.1 Å². The number of β-amino-alcohol motifs (C(OH)–C–C–N with tert-alkyl or cyclic N) is 1. The minimum Gasteiger partial charge on any atom is -0.484 e. The van der Waals surface area contributed by atoms with E-state index in [1.807, 2.05) is 29.2 Å². The number of amides is 1. The molecule has 2 fully saturated rings. The van der Waals surface area contributed by atoms with Crippen LogP contribution in [0.5, 0.6) is 5.75 Å². The fourth-order valence-corrected chi connectivity index (χ4v) is 4.00. The summed E-state index contributed by atoms with van der Waals surface area (Å²) in [6.45, 7) is 4.49. The highest BCUT2D eigenvalue weighted by Gasteiger charge is 2.37. The van der Waals surface area contributed by atoms with Crippen molar-refractivity contribution in [3.63, 3.8) is 0 Å². The third-order valence-corrected chi connectivity index (χ3v) is 5.72. The van der Waals surface area contributed by atoms with E-state index >= 15 is 0 Å². The zero-order chi connectivity index (χ0) is 20.8. The van der Waals surface area contributed by atoms with E-state index in [1.165, 1.54) is 31.5 Å². The van der Waals surface area contributed by atoms with Crippen LogP contribution in [-0.4, -0.2) is 70.8 Å². The number of rotatable bonds is 8. The monoisotopic (exact) mass is 411 g/mol. The number of benzene rings is 1. The lowest BCUT2D eigenvalue weighted by molar-refractivity contribution is -0.124. The first-order chi connectivity index (χ1) is 14.6. The zero-order valence-electron chi connectivity index (χ0n) is 17.2. The summed E-state index contributed by atoms with van der Waals surface area (Å²) in [6, 6.07) is 7.91. The van der Waals surface area contributed by atoms with Gasteiger partial charge in [0.2, 0.25) is 0 Å². The van der Waals surface area contributed by atoms with Crippen molar-refractivity contribution in [2.24, 2.45) is 0 Å². The number of carbonyl (C=O) groups excluding carboxylic acids is 1. The van der Waals surface area contributed by atoms with E-state index in [2.05, 4.69) is 20.2 Å². The van der Waals surface area contributed by atoms with Crippen molar-refractivity contribution in [1.29, 1.82) is 0 Å². The first kappa shape index (κ1) is 20.6. The Kier molecular flexibility index (Phi) is 6.44. The molecule has 0 bridgehead atoms. The second kappa shape index (κ2) is 9.40. The summed E-state index contributed by atoms with van der Waals surface area (Å²) in [5, 5.41) is 13.5. The van der Waals surface area contributed by atoms with Gasteiger partial charge in [0.1, 0.15) is 17.2 Å². The summed E-state index contributed by atoms with van der Waals surface area (Å²) in [6.07, 6.45) is 8.04. The maximum Gasteiger partial charge on any atom is 0.258 e. The molecule has 1 aromatic carbocycles. The van der Waals surface area contributed by atoms with Crippen molar-refractivity contribution in [2.75, 3.05) is 44.2 Å². The Bertz CT molecular complexity index is 826. The minimum absolute atomic E-state index is 0.0740. The summed E-state index contributed by atoms with van der Waals surface area (Å²) in [4.78, 5) is 24.9. The van der Waals surface area contributed by atoms with Gasteiger partial charge >= 0.3 is 0 Å². The standard InChI is InChI=1S/C22H29N5O3/c28-21(15-30-19-5-3-18(4-6-19)14-26-10-1-2-11-26)25-16-22(29)7-12-27(17-22)20-13-23-8-9-24-20/h3-6,8-9,13,29H,1-2,7,10-12,14-17H2,(H,25,28). The molecule has 1 unspecified atom stereocenters. The lowest BCUT2D eigenvalue weighted by Crippen LogP contribution is -2.46. The summed E-state index contributed by atoms with van der Waals surface area (Å²) in [5.74, 6) is 1.16. The summed E-state index contributed by atoms with van der Waals surface area (Å²) >= 11 is 0. The summed E-state index contributed by atoms with van der Waals surface area (Å²) in [5.41, 5.74) is 0.273. The molecule has 1 atom stereocenters. The molecule has 8 heteroatoms. The van der Waals surface area contributed by atoms with E-state index in [0.29, 0.717) is 25.3 Å². The Labute approximate surface area is 176 Å². The van der Waals surface area contributed by atoms with E-state index in [4.69, 9.17) is 4.74 Å². The highest BCUT2D eigenvalue weighted by molar-refractivity contribution is 5.77. The van der Waals surface area contributed by atoms with Crippen LogP contribution >= 0.6 is 0 Å². The van der Waals surface area contributed by atoms with Crippen LogP contribution in [0.2, 0.25) is 0 Å².